The summed E-state index contributed by atoms with van der Waals surface area (Å²) in [4.78, 5) is 14.7. The van der Waals surface area contributed by atoms with E-state index < -0.39 is 14.7 Å². The Kier molecular flexibility index (Phi) is 4.74. The Hall–Kier alpha value is -1.61. The van der Waals surface area contributed by atoms with Crippen LogP contribution in [0.1, 0.15) is 0 Å². The second-order valence-electron chi connectivity index (χ2n) is 4.45. The van der Waals surface area contributed by atoms with Crippen LogP contribution in [0.15, 0.2) is 35.1 Å². The van der Waals surface area contributed by atoms with E-state index in [0.717, 1.165) is 17.3 Å². The van der Waals surface area contributed by atoms with Crippen molar-refractivity contribution >= 4 is 20.6 Å². The molecule has 19 heavy (non-hydrogen) atoms. The molecular formula is C13H17AsN4O. The summed E-state index contributed by atoms with van der Waals surface area (Å²) in [5.74, 6) is 0.445. The molecule has 2 rings (SSSR count). The zero-order valence-electron chi connectivity index (χ0n) is 11.1. The molecule has 0 aliphatic carbocycles. The Labute approximate surface area is 116 Å². The minimum absolute atomic E-state index is 0.217. The van der Waals surface area contributed by atoms with Crippen molar-refractivity contribution in [3.8, 4) is 11.3 Å². The van der Waals surface area contributed by atoms with Crippen LogP contribution in [0.2, 0.25) is 16.6 Å². The van der Waals surface area contributed by atoms with Crippen LogP contribution < -0.4 is 10.9 Å². The first-order valence-electron chi connectivity index (χ1n) is 6.08. The number of H-pyrrole nitrogens is 1. The molecule has 0 saturated carbocycles. The molecule has 0 aliphatic rings. The number of hydrogen-bond donors (Lipinski definition) is 2. The quantitative estimate of drug-likeness (QED) is 0.827. The molecule has 0 bridgehead atoms. The number of nitrogens with one attached hydrogen (secondary N) is 2. The molecule has 2 N–H and O–H groups in total. The first-order valence-corrected chi connectivity index (χ1v) is 11.2. The molecule has 1 aromatic carbocycles. The molecule has 0 saturated heterocycles. The SMILES string of the molecule is C[As](C)CCNc1nnc(-c2ccccc2)c(=O)[nH]1. The number of hydrogen-bond acceptors (Lipinski definition) is 4. The fraction of sp³-hybridized carbons (Fsp3) is 0.308. The maximum absolute atomic E-state index is 11.9. The van der Waals surface area contributed by atoms with Gasteiger partial charge in [0.2, 0.25) is 0 Å². The molecule has 0 fully saturated rings. The van der Waals surface area contributed by atoms with Crippen molar-refractivity contribution in [3.63, 3.8) is 0 Å². The third-order valence-electron chi connectivity index (χ3n) is 2.60. The number of aromatic amines is 1. The second-order valence-corrected chi connectivity index (χ2v) is 9.92. The molecule has 1 aromatic heterocycles. The zero-order chi connectivity index (χ0) is 13.7. The van der Waals surface area contributed by atoms with Gasteiger partial charge in [0.15, 0.2) is 0 Å². The summed E-state index contributed by atoms with van der Waals surface area (Å²) in [5.41, 5.74) is 5.50. The predicted octanol–water partition coefficient (Wildman–Crippen LogP) is 2.00. The van der Waals surface area contributed by atoms with E-state index in [1.54, 1.807) is 0 Å². The molecule has 0 atom stereocenters. The van der Waals surface area contributed by atoms with Gasteiger partial charge in [0.05, 0.1) is 0 Å². The van der Waals surface area contributed by atoms with Crippen LogP contribution in [0.3, 0.4) is 0 Å². The Morgan fingerprint density at radius 2 is 1.95 bits per heavy atom. The van der Waals surface area contributed by atoms with Gasteiger partial charge < -0.3 is 0 Å². The van der Waals surface area contributed by atoms with Gasteiger partial charge in [0.25, 0.3) is 0 Å². The van der Waals surface area contributed by atoms with Crippen molar-refractivity contribution in [2.45, 2.75) is 16.6 Å². The molecule has 0 aliphatic heterocycles. The first-order chi connectivity index (χ1) is 9.16. The topological polar surface area (TPSA) is 70.7 Å². The standard InChI is InChI=1S/C13H17AsN4O/c1-14(2)8-9-15-13-16-12(19)11(17-18-13)10-6-4-3-5-7-10/h3-7H,8-9H2,1-2H3,(H2,15,16,18,19). The van der Waals surface area contributed by atoms with E-state index in [0.29, 0.717) is 11.6 Å². The van der Waals surface area contributed by atoms with Crippen molar-refractivity contribution in [3.05, 3.63) is 40.7 Å². The van der Waals surface area contributed by atoms with Crippen LogP contribution in [0.25, 0.3) is 11.3 Å². The van der Waals surface area contributed by atoms with Crippen LogP contribution in [0.4, 0.5) is 5.95 Å². The molecule has 5 nitrogen and oxygen atoms in total. The van der Waals surface area contributed by atoms with Crippen LogP contribution in [0.5, 0.6) is 0 Å². The van der Waals surface area contributed by atoms with Gasteiger partial charge in [-0.2, -0.15) is 0 Å². The van der Waals surface area contributed by atoms with Gasteiger partial charge in [0.1, 0.15) is 0 Å². The summed E-state index contributed by atoms with van der Waals surface area (Å²) in [6.07, 6.45) is 0. The van der Waals surface area contributed by atoms with Gasteiger partial charge in [-0.05, 0) is 0 Å². The number of benzene rings is 1. The average Bonchev–Trinajstić information content (AvgIpc) is 2.39. The third-order valence-corrected chi connectivity index (χ3v) is 4.94. The summed E-state index contributed by atoms with van der Waals surface area (Å²) in [5, 5.41) is 12.3. The van der Waals surface area contributed by atoms with Crippen LogP contribution >= 0.6 is 0 Å². The molecule has 0 radical (unpaired) electrons. The molecule has 0 amide bonds. The van der Waals surface area contributed by atoms with Gasteiger partial charge in [-0.3, -0.25) is 0 Å². The fourth-order valence-corrected chi connectivity index (χ4v) is 2.77. The fourth-order valence-electron chi connectivity index (χ4n) is 1.60. The van der Waals surface area contributed by atoms with Crippen molar-refractivity contribution in [1.29, 1.82) is 0 Å². The van der Waals surface area contributed by atoms with Crippen molar-refractivity contribution in [2.75, 3.05) is 11.9 Å². The molecule has 0 spiro atoms. The average molecular weight is 320 g/mol. The summed E-state index contributed by atoms with van der Waals surface area (Å²) in [6, 6.07) is 9.33. The van der Waals surface area contributed by atoms with Crippen LogP contribution in [0, 0.1) is 0 Å². The summed E-state index contributed by atoms with van der Waals surface area (Å²) < 4.78 is 0. The number of aromatic nitrogens is 3. The molecule has 6 heteroatoms. The van der Waals surface area contributed by atoms with E-state index in [-0.39, 0.29) is 5.56 Å². The molecule has 0 unspecified atom stereocenters. The van der Waals surface area contributed by atoms with Gasteiger partial charge >= 0.3 is 116 Å². The van der Waals surface area contributed by atoms with Gasteiger partial charge in [-0.15, -0.1) is 0 Å². The first kappa shape index (κ1) is 13.8. The van der Waals surface area contributed by atoms with Crippen molar-refractivity contribution in [1.82, 2.24) is 15.2 Å². The van der Waals surface area contributed by atoms with E-state index in [2.05, 4.69) is 31.9 Å². The van der Waals surface area contributed by atoms with Crippen molar-refractivity contribution in [2.24, 2.45) is 0 Å². The van der Waals surface area contributed by atoms with Crippen LogP contribution in [-0.4, -0.2) is 36.4 Å². The van der Waals surface area contributed by atoms with E-state index in [9.17, 15) is 4.79 Å². The minimum atomic E-state index is -0.645. The zero-order valence-corrected chi connectivity index (χ0v) is 12.9. The monoisotopic (exact) mass is 320 g/mol. The Morgan fingerprint density at radius 3 is 2.58 bits per heavy atom. The Balaban J connectivity index is 2.12. The third kappa shape index (κ3) is 3.93. The van der Waals surface area contributed by atoms with Gasteiger partial charge in [-0.1, -0.05) is 0 Å². The van der Waals surface area contributed by atoms with E-state index in [4.69, 9.17) is 0 Å². The molecule has 2 aromatic rings. The molecular weight excluding hydrogens is 303 g/mol. The van der Waals surface area contributed by atoms with Crippen molar-refractivity contribution < 1.29 is 0 Å². The summed E-state index contributed by atoms with van der Waals surface area (Å²) in [7, 11) is 0. The van der Waals surface area contributed by atoms with Gasteiger partial charge in [0, 0.05) is 0 Å². The number of rotatable bonds is 5. The van der Waals surface area contributed by atoms with E-state index in [1.807, 2.05) is 30.3 Å². The normalized spacial score (nSPS) is 10.7. The Bertz CT molecular complexity index is 583. The van der Waals surface area contributed by atoms with E-state index in [1.165, 1.54) is 0 Å². The maximum atomic E-state index is 11.9. The summed E-state index contributed by atoms with van der Waals surface area (Å²) >= 11 is -0.645. The predicted molar refractivity (Wildman–Crippen MR) is 78.9 cm³/mol. The summed E-state index contributed by atoms with van der Waals surface area (Å²) in [6.45, 7) is 0.836. The Morgan fingerprint density at radius 1 is 1.21 bits per heavy atom. The second kappa shape index (κ2) is 6.52. The number of anilines is 1. The van der Waals surface area contributed by atoms with Crippen LogP contribution in [-0.2, 0) is 0 Å². The molecule has 100 valence electrons. The number of nitrogens with zero attached hydrogens (tertiary/aromatic N) is 2. The molecule has 1 heterocycles. The van der Waals surface area contributed by atoms with Gasteiger partial charge in [-0.25, -0.2) is 0 Å². The van der Waals surface area contributed by atoms with E-state index >= 15 is 0 Å².